The van der Waals surface area contributed by atoms with Gasteiger partial charge < -0.3 is 9.80 Å². The molecule has 0 bridgehead atoms. The number of rotatable bonds is 3. The third-order valence-corrected chi connectivity index (χ3v) is 5.46. The predicted molar refractivity (Wildman–Crippen MR) is 76.8 cm³/mol. The van der Waals surface area contributed by atoms with Gasteiger partial charge in [-0.2, -0.15) is 0 Å². The van der Waals surface area contributed by atoms with Crippen molar-refractivity contribution in [2.24, 2.45) is 5.92 Å². The van der Waals surface area contributed by atoms with E-state index in [0.717, 1.165) is 12.0 Å². The Morgan fingerprint density at radius 1 is 0.667 bits per heavy atom. The van der Waals surface area contributed by atoms with Gasteiger partial charge >= 0.3 is 0 Å². The normalized spacial score (nSPS) is 30.0. The first-order valence-electron chi connectivity index (χ1n) is 8.38. The van der Waals surface area contributed by atoms with E-state index in [9.17, 15) is 0 Å². The van der Waals surface area contributed by atoms with Crippen molar-refractivity contribution >= 4 is 0 Å². The molecule has 18 heavy (non-hydrogen) atoms. The molecule has 0 unspecified atom stereocenters. The molecule has 0 N–H and O–H groups in total. The Kier molecular flexibility index (Phi) is 4.58. The second-order valence-electron chi connectivity index (χ2n) is 6.78. The highest BCUT2D eigenvalue weighted by molar-refractivity contribution is 4.83. The summed E-state index contributed by atoms with van der Waals surface area (Å²) in [4.78, 5) is 5.55. The summed E-state index contributed by atoms with van der Waals surface area (Å²) >= 11 is 0. The molecule has 3 rings (SSSR count). The molecule has 104 valence electrons. The van der Waals surface area contributed by atoms with Gasteiger partial charge in [-0.3, -0.25) is 0 Å². The molecular formula is C16H30N2. The average molecular weight is 250 g/mol. The van der Waals surface area contributed by atoms with E-state index in [0.29, 0.717) is 0 Å². The van der Waals surface area contributed by atoms with Crippen LogP contribution in [0.25, 0.3) is 0 Å². The summed E-state index contributed by atoms with van der Waals surface area (Å²) in [6.45, 7) is 6.92. The summed E-state index contributed by atoms with van der Waals surface area (Å²) in [5, 5.41) is 0. The van der Waals surface area contributed by atoms with Crippen LogP contribution in [-0.2, 0) is 0 Å². The number of hydrogen-bond acceptors (Lipinski definition) is 2. The fourth-order valence-electron chi connectivity index (χ4n) is 4.31. The Bertz CT molecular complexity index is 233. The zero-order chi connectivity index (χ0) is 12.2. The summed E-state index contributed by atoms with van der Waals surface area (Å²) in [6, 6.07) is 0.921. The minimum absolute atomic E-state index is 0.921. The van der Waals surface area contributed by atoms with Crippen molar-refractivity contribution in [3.63, 3.8) is 0 Å². The first-order valence-corrected chi connectivity index (χ1v) is 8.38. The van der Waals surface area contributed by atoms with Crippen LogP contribution >= 0.6 is 0 Å². The van der Waals surface area contributed by atoms with Crippen molar-refractivity contribution in [3.05, 3.63) is 0 Å². The maximum absolute atomic E-state index is 2.79. The number of piperidine rings is 2. The highest BCUT2D eigenvalue weighted by Crippen LogP contribution is 2.27. The van der Waals surface area contributed by atoms with Crippen LogP contribution in [0.15, 0.2) is 0 Å². The second-order valence-corrected chi connectivity index (χ2v) is 6.78. The molecule has 0 aromatic rings. The van der Waals surface area contributed by atoms with Gasteiger partial charge in [-0.25, -0.2) is 0 Å². The van der Waals surface area contributed by atoms with E-state index in [1.807, 2.05) is 0 Å². The molecule has 1 aliphatic carbocycles. The zero-order valence-electron chi connectivity index (χ0n) is 11.9. The van der Waals surface area contributed by atoms with Crippen LogP contribution in [0.5, 0.6) is 0 Å². The van der Waals surface area contributed by atoms with Crippen LogP contribution in [0.1, 0.15) is 57.8 Å². The van der Waals surface area contributed by atoms with Crippen molar-refractivity contribution in [3.8, 4) is 0 Å². The van der Waals surface area contributed by atoms with Crippen LogP contribution < -0.4 is 0 Å². The summed E-state index contributed by atoms with van der Waals surface area (Å²) in [5.41, 5.74) is 0. The number of hydrogen-bond donors (Lipinski definition) is 0. The van der Waals surface area contributed by atoms with Crippen molar-refractivity contribution in [2.75, 3.05) is 32.7 Å². The largest absolute Gasteiger partial charge is 0.303 e. The molecule has 3 aliphatic rings. The standard InChI is InChI=1S/C16H30N2/c1-4-10-18(11-5-1)16-8-12-17(13-9-16)14-15-6-2-3-7-15/h15-16H,1-14H2. The lowest BCUT2D eigenvalue weighted by Gasteiger charge is -2.40. The van der Waals surface area contributed by atoms with Gasteiger partial charge in [0.25, 0.3) is 0 Å². The predicted octanol–water partition coefficient (Wildman–Crippen LogP) is 3.13. The van der Waals surface area contributed by atoms with E-state index in [1.54, 1.807) is 0 Å². The Balaban J connectivity index is 1.40. The molecule has 2 aliphatic heterocycles. The topological polar surface area (TPSA) is 6.48 Å². The van der Waals surface area contributed by atoms with Crippen LogP contribution in [0.2, 0.25) is 0 Å². The minimum Gasteiger partial charge on any atom is -0.303 e. The van der Waals surface area contributed by atoms with Gasteiger partial charge in [0, 0.05) is 12.6 Å². The summed E-state index contributed by atoms with van der Waals surface area (Å²) in [5.74, 6) is 1.04. The number of likely N-dealkylation sites (tertiary alicyclic amines) is 2. The molecule has 0 aromatic carbocycles. The Hall–Kier alpha value is -0.0800. The lowest BCUT2D eigenvalue weighted by Crippen LogP contribution is -2.47. The van der Waals surface area contributed by atoms with Crippen molar-refractivity contribution in [2.45, 2.75) is 63.8 Å². The van der Waals surface area contributed by atoms with Gasteiger partial charge in [-0.1, -0.05) is 19.3 Å². The molecular weight excluding hydrogens is 220 g/mol. The van der Waals surface area contributed by atoms with E-state index >= 15 is 0 Å². The molecule has 0 amide bonds. The third-order valence-electron chi connectivity index (χ3n) is 5.46. The van der Waals surface area contributed by atoms with Crippen LogP contribution in [0.3, 0.4) is 0 Å². The van der Waals surface area contributed by atoms with Crippen LogP contribution in [0, 0.1) is 5.92 Å². The lowest BCUT2D eigenvalue weighted by atomic mass is 9.98. The molecule has 2 heterocycles. The molecule has 0 aromatic heterocycles. The van der Waals surface area contributed by atoms with Crippen molar-refractivity contribution in [1.82, 2.24) is 9.80 Å². The van der Waals surface area contributed by atoms with Gasteiger partial charge in [-0.05, 0) is 70.6 Å². The molecule has 0 atom stereocenters. The van der Waals surface area contributed by atoms with Crippen LogP contribution in [-0.4, -0.2) is 48.6 Å². The van der Waals surface area contributed by atoms with E-state index in [2.05, 4.69) is 9.80 Å². The molecule has 0 spiro atoms. The van der Waals surface area contributed by atoms with Gasteiger partial charge in [0.2, 0.25) is 0 Å². The smallest absolute Gasteiger partial charge is 0.0120 e. The summed E-state index contributed by atoms with van der Waals surface area (Å²) < 4.78 is 0. The van der Waals surface area contributed by atoms with Gasteiger partial charge in [0.05, 0.1) is 0 Å². The monoisotopic (exact) mass is 250 g/mol. The number of nitrogens with zero attached hydrogens (tertiary/aromatic N) is 2. The fraction of sp³-hybridized carbons (Fsp3) is 1.00. The molecule has 2 nitrogen and oxygen atoms in total. The van der Waals surface area contributed by atoms with E-state index in [-0.39, 0.29) is 0 Å². The Labute approximate surface area is 113 Å². The fourth-order valence-corrected chi connectivity index (χ4v) is 4.31. The van der Waals surface area contributed by atoms with Crippen LogP contribution in [0.4, 0.5) is 0 Å². The Morgan fingerprint density at radius 3 is 2.00 bits per heavy atom. The summed E-state index contributed by atoms with van der Waals surface area (Å²) in [6.07, 6.45) is 13.2. The molecule has 2 saturated heterocycles. The molecule has 0 radical (unpaired) electrons. The molecule has 1 saturated carbocycles. The van der Waals surface area contributed by atoms with Gasteiger partial charge in [-0.15, -0.1) is 0 Å². The highest BCUT2D eigenvalue weighted by atomic mass is 15.2. The molecule has 2 heteroatoms. The quantitative estimate of drug-likeness (QED) is 0.759. The highest BCUT2D eigenvalue weighted by Gasteiger charge is 2.27. The minimum atomic E-state index is 0.921. The first-order chi connectivity index (χ1) is 8.92. The summed E-state index contributed by atoms with van der Waals surface area (Å²) in [7, 11) is 0. The Morgan fingerprint density at radius 2 is 1.33 bits per heavy atom. The second kappa shape index (κ2) is 6.38. The average Bonchev–Trinajstić information content (AvgIpc) is 2.94. The van der Waals surface area contributed by atoms with Crippen molar-refractivity contribution in [1.29, 1.82) is 0 Å². The zero-order valence-corrected chi connectivity index (χ0v) is 11.9. The van der Waals surface area contributed by atoms with E-state index in [1.165, 1.54) is 90.5 Å². The van der Waals surface area contributed by atoms with E-state index < -0.39 is 0 Å². The van der Waals surface area contributed by atoms with E-state index in [4.69, 9.17) is 0 Å². The lowest BCUT2D eigenvalue weighted by molar-refractivity contribution is 0.0857. The van der Waals surface area contributed by atoms with Gasteiger partial charge in [0.15, 0.2) is 0 Å². The third kappa shape index (κ3) is 3.27. The SMILES string of the molecule is C1CCN(C2CCN(CC3CCCC3)CC2)CC1. The molecule has 3 fully saturated rings. The first kappa shape index (κ1) is 12.9. The maximum Gasteiger partial charge on any atom is 0.0120 e. The van der Waals surface area contributed by atoms with Gasteiger partial charge in [0.1, 0.15) is 0 Å². The maximum atomic E-state index is 2.79. The van der Waals surface area contributed by atoms with Crippen molar-refractivity contribution < 1.29 is 0 Å².